The van der Waals surface area contributed by atoms with E-state index >= 15 is 0 Å². The Labute approximate surface area is 109 Å². The van der Waals surface area contributed by atoms with E-state index in [-0.39, 0.29) is 5.91 Å². The van der Waals surface area contributed by atoms with Crippen LogP contribution in [-0.4, -0.2) is 30.9 Å². The fourth-order valence-corrected chi connectivity index (χ4v) is 2.36. The second kappa shape index (κ2) is 5.01. The summed E-state index contributed by atoms with van der Waals surface area (Å²) in [6.07, 6.45) is 2.52. The van der Waals surface area contributed by atoms with Gasteiger partial charge in [-0.05, 0) is 56.4 Å². The van der Waals surface area contributed by atoms with Crippen molar-refractivity contribution >= 4 is 11.6 Å². The van der Waals surface area contributed by atoms with Crippen LogP contribution in [-0.2, 0) is 0 Å². The van der Waals surface area contributed by atoms with Crippen molar-refractivity contribution < 1.29 is 4.79 Å². The lowest BCUT2D eigenvalue weighted by molar-refractivity contribution is 0.0727. The van der Waals surface area contributed by atoms with Crippen molar-refractivity contribution in [1.82, 2.24) is 4.90 Å². The van der Waals surface area contributed by atoms with E-state index in [0.717, 1.165) is 16.8 Å². The Morgan fingerprint density at radius 3 is 2.61 bits per heavy atom. The molecular weight excluding hydrogens is 224 g/mol. The third-order valence-corrected chi connectivity index (χ3v) is 3.98. The number of nitrogens with one attached hydrogen (secondary N) is 1. The molecule has 1 fully saturated rings. The molecule has 1 aliphatic carbocycles. The Morgan fingerprint density at radius 1 is 1.44 bits per heavy atom. The van der Waals surface area contributed by atoms with Gasteiger partial charge in [0.2, 0.25) is 0 Å². The molecule has 1 aromatic rings. The first-order valence-corrected chi connectivity index (χ1v) is 6.60. The van der Waals surface area contributed by atoms with E-state index in [1.807, 2.05) is 44.1 Å². The molecule has 2 rings (SSSR count). The highest BCUT2D eigenvalue weighted by molar-refractivity contribution is 5.95. The van der Waals surface area contributed by atoms with Gasteiger partial charge >= 0.3 is 0 Å². The van der Waals surface area contributed by atoms with Gasteiger partial charge in [0.1, 0.15) is 0 Å². The maximum atomic E-state index is 12.4. The first kappa shape index (κ1) is 12.9. The topological polar surface area (TPSA) is 32.3 Å². The maximum absolute atomic E-state index is 12.4. The van der Waals surface area contributed by atoms with E-state index in [9.17, 15) is 4.79 Å². The van der Waals surface area contributed by atoms with E-state index in [1.54, 1.807) is 0 Å². The number of aryl methyl sites for hydroxylation is 1. The summed E-state index contributed by atoms with van der Waals surface area (Å²) in [7, 11) is 3.80. The van der Waals surface area contributed by atoms with Gasteiger partial charge in [-0.1, -0.05) is 0 Å². The first-order valence-electron chi connectivity index (χ1n) is 6.60. The van der Waals surface area contributed by atoms with Crippen LogP contribution in [0, 0.1) is 12.8 Å². The minimum Gasteiger partial charge on any atom is -0.388 e. The van der Waals surface area contributed by atoms with Gasteiger partial charge in [-0.15, -0.1) is 0 Å². The monoisotopic (exact) mass is 246 g/mol. The van der Waals surface area contributed by atoms with Crippen LogP contribution in [0.4, 0.5) is 5.69 Å². The molecule has 0 aliphatic heterocycles. The standard InChI is InChI=1S/C15H22N2O/c1-10-9-13(7-8-14(10)16-3)15(18)17(4)11(2)12-5-6-12/h7-9,11-12,16H,5-6H2,1-4H3. The number of hydrogen-bond acceptors (Lipinski definition) is 2. The number of amides is 1. The molecule has 1 unspecified atom stereocenters. The van der Waals surface area contributed by atoms with E-state index in [2.05, 4.69) is 12.2 Å². The third-order valence-electron chi connectivity index (χ3n) is 3.98. The maximum Gasteiger partial charge on any atom is 0.253 e. The number of rotatable bonds is 4. The number of carbonyl (C=O) groups excluding carboxylic acids is 1. The number of nitrogens with zero attached hydrogens (tertiary/aromatic N) is 1. The number of anilines is 1. The van der Waals surface area contributed by atoms with E-state index < -0.39 is 0 Å². The molecule has 0 aromatic heterocycles. The van der Waals surface area contributed by atoms with Crippen LogP contribution in [0.25, 0.3) is 0 Å². The largest absolute Gasteiger partial charge is 0.388 e. The van der Waals surface area contributed by atoms with Crippen LogP contribution < -0.4 is 5.32 Å². The molecule has 1 saturated carbocycles. The number of hydrogen-bond donors (Lipinski definition) is 1. The van der Waals surface area contributed by atoms with Crippen molar-refractivity contribution in [3.05, 3.63) is 29.3 Å². The summed E-state index contributed by atoms with van der Waals surface area (Å²) >= 11 is 0. The van der Waals surface area contributed by atoms with E-state index in [0.29, 0.717) is 12.0 Å². The minimum absolute atomic E-state index is 0.125. The van der Waals surface area contributed by atoms with Crippen molar-refractivity contribution in [3.63, 3.8) is 0 Å². The molecule has 1 N–H and O–H groups in total. The summed E-state index contributed by atoms with van der Waals surface area (Å²) in [6.45, 7) is 4.16. The smallest absolute Gasteiger partial charge is 0.253 e. The molecule has 3 nitrogen and oxygen atoms in total. The van der Waals surface area contributed by atoms with Crippen molar-refractivity contribution in [2.75, 3.05) is 19.4 Å². The van der Waals surface area contributed by atoms with Crippen LogP contribution in [0.15, 0.2) is 18.2 Å². The Kier molecular flexibility index (Phi) is 3.60. The van der Waals surface area contributed by atoms with Crippen molar-refractivity contribution in [1.29, 1.82) is 0 Å². The summed E-state index contributed by atoms with van der Waals surface area (Å²) < 4.78 is 0. The molecule has 0 spiro atoms. The Hall–Kier alpha value is -1.51. The molecule has 0 heterocycles. The minimum atomic E-state index is 0.125. The van der Waals surface area contributed by atoms with Crippen LogP contribution in [0.5, 0.6) is 0 Å². The molecule has 3 heteroatoms. The van der Waals surface area contributed by atoms with Crippen molar-refractivity contribution in [3.8, 4) is 0 Å². The van der Waals surface area contributed by atoms with E-state index in [1.165, 1.54) is 12.8 Å². The summed E-state index contributed by atoms with van der Waals surface area (Å²) in [4.78, 5) is 14.3. The van der Waals surface area contributed by atoms with Gasteiger partial charge in [0.15, 0.2) is 0 Å². The lowest BCUT2D eigenvalue weighted by atomic mass is 10.1. The summed E-state index contributed by atoms with van der Waals surface area (Å²) in [5.74, 6) is 0.830. The van der Waals surface area contributed by atoms with Gasteiger partial charge in [0.05, 0.1) is 0 Å². The molecule has 1 aliphatic rings. The quantitative estimate of drug-likeness (QED) is 0.886. The summed E-state index contributed by atoms with van der Waals surface area (Å²) in [5.41, 5.74) is 2.96. The van der Waals surface area contributed by atoms with E-state index in [4.69, 9.17) is 0 Å². The SMILES string of the molecule is CNc1ccc(C(=O)N(C)C(C)C2CC2)cc1C. The summed E-state index contributed by atoms with van der Waals surface area (Å²) in [6, 6.07) is 6.18. The van der Waals surface area contributed by atoms with Crippen molar-refractivity contribution in [2.45, 2.75) is 32.7 Å². The van der Waals surface area contributed by atoms with Gasteiger partial charge < -0.3 is 10.2 Å². The Bertz CT molecular complexity index is 452. The zero-order valence-electron chi connectivity index (χ0n) is 11.7. The Morgan fingerprint density at radius 2 is 2.11 bits per heavy atom. The van der Waals surface area contributed by atoms with Crippen LogP contribution in [0.3, 0.4) is 0 Å². The van der Waals surface area contributed by atoms with Crippen LogP contribution in [0.1, 0.15) is 35.7 Å². The molecule has 0 saturated heterocycles. The second-order valence-electron chi connectivity index (χ2n) is 5.27. The molecule has 0 bridgehead atoms. The fourth-order valence-electron chi connectivity index (χ4n) is 2.36. The number of benzene rings is 1. The lowest BCUT2D eigenvalue weighted by Gasteiger charge is -2.25. The predicted octanol–water partition coefficient (Wildman–Crippen LogP) is 2.91. The normalized spacial score (nSPS) is 16.2. The molecule has 18 heavy (non-hydrogen) atoms. The van der Waals surface area contributed by atoms with Gasteiger partial charge in [-0.25, -0.2) is 0 Å². The van der Waals surface area contributed by atoms with Gasteiger partial charge in [-0.2, -0.15) is 0 Å². The molecule has 1 atom stereocenters. The molecular formula is C15H22N2O. The highest BCUT2D eigenvalue weighted by Crippen LogP contribution is 2.35. The molecule has 98 valence electrons. The van der Waals surface area contributed by atoms with Gasteiger partial charge in [-0.3, -0.25) is 4.79 Å². The van der Waals surface area contributed by atoms with Gasteiger partial charge in [0.25, 0.3) is 5.91 Å². The average Bonchev–Trinajstić information content (AvgIpc) is 3.20. The van der Waals surface area contributed by atoms with Crippen LogP contribution >= 0.6 is 0 Å². The second-order valence-corrected chi connectivity index (χ2v) is 5.27. The predicted molar refractivity (Wildman–Crippen MR) is 75.0 cm³/mol. The van der Waals surface area contributed by atoms with Crippen LogP contribution in [0.2, 0.25) is 0 Å². The lowest BCUT2D eigenvalue weighted by Crippen LogP contribution is -2.36. The van der Waals surface area contributed by atoms with Crippen molar-refractivity contribution in [2.24, 2.45) is 5.92 Å². The highest BCUT2D eigenvalue weighted by atomic mass is 16.2. The first-order chi connectivity index (χ1) is 8.54. The molecule has 0 radical (unpaired) electrons. The Balaban J connectivity index is 2.14. The highest BCUT2D eigenvalue weighted by Gasteiger charge is 2.32. The molecule has 1 aromatic carbocycles. The zero-order chi connectivity index (χ0) is 13.3. The molecule has 1 amide bonds. The fraction of sp³-hybridized carbons (Fsp3) is 0.533. The average molecular weight is 246 g/mol. The zero-order valence-corrected chi connectivity index (χ0v) is 11.7. The summed E-state index contributed by atoms with van der Waals surface area (Å²) in [5, 5.41) is 3.12. The number of carbonyl (C=O) groups is 1. The third kappa shape index (κ3) is 2.50. The van der Waals surface area contributed by atoms with Gasteiger partial charge in [0, 0.05) is 31.4 Å².